The molecule has 2 aromatic rings. The number of para-hydroxylation sites is 1. The fourth-order valence-electron chi connectivity index (χ4n) is 3.35. The monoisotopic (exact) mass is 357 g/mol. The van der Waals surface area contributed by atoms with Crippen molar-refractivity contribution in [2.75, 3.05) is 20.6 Å². The number of amides is 1. The van der Waals surface area contributed by atoms with E-state index in [1.54, 1.807) is 29.9 Å². The fraction of sp³-hybridized carbons (Fsp3) is 0.444. The van der Waals surface area contributed by atoms with Crippen LogP contribution >= 0.6 is 0 Å². The van der Waals surface area contributed by atoms with Gasteiger partial charge < -0.3 is 10.0 Å². The first-order chi connectivity index (χ1) is 12.5. The van der Waals surface area contributed by atoms with Crippen molar-refractivity contribution >= 4 is 11.9 Å². The van der Waals surface area contributed by atoms with Crippen LogP contribution in [0.2, 0.25) is 0 Å². The van der Waals surface area contributed by atoms with E-state index in [0.29, 0.717) is 31.6 Å². The van der Waals surface area contributed by atoms with Crippen LogP contribution in [0.1, 0.15) is 18.5 Å². The molecular weight excluding hydrogens is 334 g/mol. The average Bonchev–Trinajstić information content (AvgIpc) is 3.10. The van der Waals surface area contributed by atoms with Gasteiger partial charge >= 0.3 is 5.97 Å². The normalized spacial score (nSPS) is 20.7. The topological polar surface area (TPSA) is 91.6 Å². The van der Waals surface area contributed by atoms with Gasteiger partial charge in [-0.05, 0) is 25.0 Å². The molecule has 8 nitrogen and oxygen atoms in total. The first-order valence-electron chi connectivity index (χ1n) is 8.60. The summed E-state index contributed by atoms with van der Waals surface area (Å²) in [7, 11) is 3.45. The Morgan fingerprint density at radius 3 is 2.62 bits per heavy atom. The third-order valence-electron chi connectivity index (χ3n) is 4.69. The number of hydrogen-bond acceptors (Lipinski definition) is 5. The smallest absolute Gasteiger partial charge is 0.320 e. The Morgan fingerprint density at radius 2 is 1.96 bits per heavy atom. The second-order valence-corrected chi connectivity index (χ2v) is 6.78. The molecule has 3 rings (SSSR count). The van der Waals surface area contributed by atoms with Crippen LogP contribution in [0.4, 0.5) is 0 Å². The maximum Gasteiger partial charge on any atom is 0.320 e. The lowest BCUT2D eigenvalue weighted by Gasteiger charge is -2.37. The number of benzene rings is 1. The number of carboxylic acids is 1. The lowest BCUT2D eigenvalue weighted by Crippen LogP contribution is -2.50. The predicted octanol–water partition coefficient (Wildman–Crippen LogP) is 1.02. The first-order valence-corrected chi connectivity index (χ1v) is 8.60. The molecule has 1 N–H and O–H groups in total. The number of carbonyl (C=O) groups excluding carboxylic acids is 1. The quantitative estimate of drug-likeness (QED) is 0.859. The summed E-state index contributed by atoms with van der Waals surface area (Å²) in [4.78, 5) is 27.3. The summed E-state index contributed by atoms with van der Waals surface area (Å²) in [6.45, 7) is 0.757. The van der Waals surface area contributed by atoms with E-state index in [0.717, 1.165) is 5.69 Å². The zero-order valence-electron chi connectivity index (χ0n) is 14.9. The van der Waals surface area contributed by atoms with Gasteiger partial charge in [-0.1, -0.05) is 23.4 Å². The lowest BCUT2D eigenvalue weighted by molar-refractivity contribution is -0.148. The maximum atomic E-state index is 12.3. The van der Waals surface area contributed by atoms with E-state index in [1.807, 2.05) is 35.2 Å². The summed E-state index contributed by atoms with van der Waals surface area (Å²) in [6, 6.07) is 8.99. The number of aliphatic carboxylic acids is 1. The highest BCUT2D eigenvalue weighted by Gasteiger charge is 2.36. The summed E-state index contributed by atoms with van der Waals surface area (Å²) in [6.07, 6.45) is 2.83. The minimum Gasteiger partial charge on any atom is -0.480 e. The third-order valence-corrected chi connectivity index (χ3v) is 4.69. The summed E-state index contributed by atoms with van der Waals surface area (Å²) in [5.41, 5.74) is 1.57. The number of piperidine rings is 1. The van der Waals surface area contributed by atoms with Gasteiger partial charge in [0.2, 0.25) is 5.91 Å². The number of aromatic nitrogens is 3. The van der Waals surface area contributed by atoms with Gasteiger partial charge in [0.25, 0.3) is 0 Å². The summed E-state index contributed by atoms with van der Waals surface area (Å²) in [5.74, 6) is -1.02. The van der Waals surface area contributed by atoms with Crippen LogP contribution in [0.5, 0.6) is 0 Å². The summed E-state index contributed by atoms with van der Waals surface area (Å²) < 4.78 is 1.66. The predicted molar refractivity (Wildman–Crippen MR) is 94.6 cm³/mol. The van der Waals surface area contributed by atoms with Gasteiger partial charge in [0, 0.05) is 27.2 Å². The number of carbonyl (C=O) groups is 2. The Hall–Kier alpha value is -2.74. The molecule has 8 heteroatoms. The van der Waals surface area contributed by atoms with Gasteiger partial charge in [0.05, 0.1) is 23.5 Å². The minimum atomic E-state index is -0.865. The molecule has 0 radical (unpaired) electrons. The van der Waals surface area contributed by atoms with Gasteiger partial charge in [-0.3, -0.25) is 14.5 Å². The highest BCUT2D eigenvalue weighted by Crippen LogP contribution is 2.25. The minimum absolute atomic E-state index is 0.0341. The van der Waals surface area contributed by atoms with Crippen LogP contribution in [-0.4, -0.2) is 68.5 Å². The van der Waals surface area contributed by atoms with Gasteiger partial charge in [-0.25, -0.2) is 4.68 Å². The Kier molecular flexibility index (Phi) is 5.32. The molecule has 2 unspecified atom stereocenters. The molecular formula is C18H23N5O3. The highest BCUT2D eigenvalue weighted by atomic mass is 16.4. The third kappa shape index (κ3) is 3.91. The molecule has 2 atom stereocenters. The highest BCUT2D eigenvalue weighted by molar-refractivity contribution is 5.79. The second-order valence-electron chi connectivity index (χ2n) is 6.78. The molecule has 26 heavy (non-hydrogen) atoms. The molecule has 1 aromatic carbocycles. The largest absolute Gasteiger partial charge is 0.480 e. The molecule has 0 spiro atoms. The zero-order chi connectivity index (χ0) is 18.7. The van der Waals surface area contributed by atoms with E-state index in [4.69, 9.17) is 0 Å². The molecule has 1 aromatic heterocycles. The molecule has 138 valence electrons. The van der Waals surface area contributed by atoms with Gasteiger partial charge in [-0.15, -0.1) is 5.10 Å². The van der Waals surface area contributed by atoms with Crippen molar-refractivity contribution in [3.63, 3.8) is 0 Å². The van der Waals surface area contributed by atoms with Crippen molar-refractivity contribution in [1.29, 1.82) is 0 Å². The number of nitrogens with zero attached hydrogens (tertiary/aromatic N) is 5. The molecule has 0 saturated carbocycles. The van der Waals surface area contributed by atoms with Gasteiger partial charge in [0.1, 0.15) is 6.04 Å². The van der Waals surface area contributed by atoms with Crippen molar-refractivity contribution in [2.45, 2.75) is 25.4 Å². The van der Waals surface area contributed by atoms with E-state index < -0.39 is 12.0 Å². The zero-order valence-corrected chi connectivity index (χ0v) is 14.9. The number of rotatable bonds is 5. The van der Waals surface area contributed by atoms with Crippen LogP contribution in [0, 0.1) is 5.92 Å². The molecule has 0 aliphatic carbocycles. The standard InChI is InChI=1S/C18H23N5O3/c1-21(2)17(24)13-8-9-16(18(25)26)22(10-13)11-14-12-23(20-19-14)15-6-4-3-5-7-15/h3-7,12-13,16H,8-11H2,1-2H3,(H,25,26). The summed E-state index contributed by atoms with van der Waals surface area (Å²) >= 11 is 0. The van der Waals surface area contributed by atoms with E-state index in [9.17, 15) is 14.7 Å². The Morgan fingerprint density at radius 1 is 1.23 bits per heavy atom. The molecule has 1 amide bonds. The van der Waals surface area contributed by atoms with Crippen LogP contribution in [0.25, 0.3) is 5.69 Å². The SMILES string of the molecule is CN(C)C(=O)C1CCC(C(=O)O)N(Cc2cn(-c3ccccc3)nn2)C1. The Bertz CT molecular complexity index is 774. The second kappa shape index (κ2) is 7.65. The van der Waals surface area contributed by atoms with E-state index >= 15 is 0 Å². The fourth-order valence-corrected chi connectivity index (χ4v) is 3.35. The van der Waals surface area contributed by atoms with Crippen LogP contribution in [0.15, 0.2) is 36.5 Å². The average molecular weight is 357 g/mol. The van der Waals surface area contributed by atoms with Crippen molar-refractivity contribution in [2.24, 2.45) is 5.92 Å². The first kappa shape index (κ1) is 18.1. The Balaban J connectivity index is 1.75. The lowest BCUT2D eigenvalue weighted by atomic mass is 9.91. The van der Waals surface area contributed by atoms with Crippen molar-refractivity contribution in [1.82, 2.24) is 24.8 Å². The molecule has 1 aliphatic heterocycles. The van der Waals surface area contributed by atoms with E-state index in [2.05, 4.69) is 10.3 Å². The van der Waals surface area contributed by atoms with Crippen molar-refractivity contribution in [3.8, 4) is 5.69 Å². The molecule has 1 fully saturated rings. The number of likely N-dealkylation sites (tertiary alicyclic amines) is 1. The summed E-state index contributed by atoms with van der Waals surface area (Å²) in [5, 5.41) is 17.8. The number of carboxylic acid groups (broad SMARTS) is 1. The van der Waals surface area contributed by atoms with Gasteiger partial charge in [0.15, 0.2) is 0 Å². The Labute approximate surface area is 152 Å². The van der Waals surface area contributed by atoms with Crippen LogP contribution in [0.3, 0.4) is 0 Å². The van der Waals surface area contributed by atoms with Gasteiger partial charge in [-0.2, -0.15) is 0 Å². The maximum absolute atomic E-state index is 12.3. The molecule has 1 aliphatic rings. The van der Waals surface area contributed by atoms with E-state index in [1.165, 1.54) is 0 Å². The van der Waals surface area contributed by atoms with Crippen molar-refractivity contribution < 1.29 is 14.7 Å². The van der Waals surface area contributed by atoms with Crippen LogP contribution < -0.4 is 0 Å². The van der Waals surface area contributed by atoms with Crippen LogP contribution in [-0.2, 0) is 16.1 Å². The molecule has 0 bridgehead atoms. The molecule has 2 heterocycles. The van der Waals surface area contributed by atoms with Crippen molar-refractivity contribution in [3.05, 3.63) is 42.2 Å². The number of hydrogen-bond donors (Lipinski definition) is 1. The molecule has 1 saturated heterocycles. The van der Waals surface area contributed by atoms with E-state index in [-0.39, 0.29) is 11.8 Å².